The van der Waals surface area contributed by atoms with Crippen molar-refractivity contribution in [2.24, 2.45) is 0 Å². The average Bonchev–Trinajstić information content (AvgIpc) is 2.91. The first-order chi connectivity index (χ1) is 9.86. The van der Waals surface area contributed by atoms with Crippen LogP contribution in [0, 0.1) is 0 Å². The summed E-state index contributed by atoms with van der Waals surface area (Å²) in [5.41, 5.74) is 3.73. The number of benzene rings is 1. The quantitative estimate of drug-likeness (QED) is 0.874. The van der Waals surface area contributed by atoms with Crippen LogP contribution in [0.4, 0.5) is 0 Å². The van der Waals surface area contributed by atoms with Gasteiger partial charge in [0, 0.05) is 12.2 Å². The zero-order chi connectivity index (χ0) is 13.8. The lowest BCUT2D eigenvalue weighted by atomic mass is 10.1. The Labute approximate surface area is 119 Å². The summed E-state index contributed by atoms with van der Waals surface area (Å²) in [6, 6.07) is 14.8. The number of aryl methyl sites for hydroxylation is 1. The summed E-state index contributed by atoms with van der Waals surface area (Å²) in [6.45, 7) is 0.146. The molecule has 2 N–H and O–H groups in total. The summed E-state index contributed by atoms with van der Waals surface area (Å²) in [7, 11) is 0. The molecule has 0 saturated carbocycles. The Kier molecular flexibility index (Phi) is 4.09. The van der Waals surface area contributed by atoms with E-state index in [4.69, 9.17) is 0 Å². The monoisotopic (exact) mass is 268 g/mol. The number of nitrogens with zero attached hydrogens (tertiary/aromatic N) is 1. The molecule has 1 heterocycles. The summed E-state index contributed by atoms with van der Waals surface area (Å²) in [5.74, 6) is 0. The number of rotatable bonds is 5. The van der Waals surface area contributed by atoms with Crippen molar-refractivity contribution in [2.75, 3.05) is 6.61 Å². The van der Waals surface area contributed by atoms with Gasteiger partial charge in [-0.3, -0.25) is 4.98 Å². The maximum atomic E-state index is 9.61. The van der Waals surface area contributed by atoms with Crippen molar-refractivity contribution in [1.29, 1.82) is 0 Å². The Bertz CT molecular complexity index is 556. The molecule has 3 rings (SSSR count). The molecule has 1 aromatic carbocycles. The molecule has 0 saturated heterocycles. The van der Waals surface area contributed by atoms with Crippen molar-refractivity contribution >= 4 is 0 Å². The predicted molar refractivity (Wildman–Crippen MR) is 79.5 cm³/mol. The smallest absolute Gasteiger partial charge is 0.0605 e. The molecule has 1 aromatic heterocycles. The van der Waals surface area contributed by atoms with Crippen LogP contribution in [-0.2, 0) is 12.8 Å². The lowest BCUT2D eigenvalue weighted by Crippen LogP contribution is -2.37. The van der Waals surface area contributed by atoms with Crippen LogP contribution in [0.15, 0.2) is 48.7 Å². The molecule has 3 nitrogen and oxygen atoms in total. The molecule has 1 unspecified atom stereocenters. The number of aromatic nitrogens is 1. The van der Waals surface area contributed by atoms with E-state index in [0.717, 1.165) is 25.0 Å². The summed E-state index contributed by atoms with van der Waals surface area (Å²) in [6.07, 6.45) is 4.84. The zero-order valence-electron chi connectivity index (χ0n) is 11.5. The first-order valence-corrected chi connectivity index (χ1v) is 7.21. The second-order valence-electron chi connectivity index (χ2n) is 5.37. The molecule has 0 bridgehead atoms. The summed E-state index contributed by atoms with van der Waals surface area (Å²) in [4.78, 5) is 4.49. The average molecular weight is 268 g/mol. The van der Waals surface area contributed by atoms with E-state index in [2.05, 4.69) is 28.5 Å². The predicted octanol–water partition coefficient (Wildman–Crippen LogP) is 2.26. The Morgan fingerprint density at radius 1 is 1.20 bits per heavy atom. The highest BCUT2D eigenvalue weighted by molar-refractivity contribution is 5.28. The number of pyridine rings is 1. The standard InChI is InChI=1S/C17H20N2O/c20-12-15(11-13-5-2-1-3-6-13)19-16-9-8-14-7-4-10-18-17(14)16/h1-7,10,15-16,19-20H,8-9,11-12H2/t15-,16?/m0/s1. The fourth-order valence-electron chi connectivity index (χ4n) is 2.93. The van der Waals surface area contributed by atoms with Crippen LogP contribution in [0.3, 0.4) is 0 Å². The van der Waals surface area contributed by atoms with Crippen molar-refractivity contribution in [3.63, 3.8) is 0 Å². The van der Waals surface area contributed by atoms with Gasteiger partial charge in [0.1, 0.15) is 0 Å². The molecule has 20 heavy (non-hydrogen) atoms. The molecule has 0 amide bonds. The number of fused-ring (bicyclic) bond motifs is 1. The first-order valence-electron chi connectivity index (χ1n) is 7.21. The van der Waals surface area contributed by atoms with Crippen LogP contribution in [0.1, 0.15) is 29.3 Å². The van der Waals surface area contributed by atoms with Gasteiger partial charge in [0.25, 0.3) is 0 Å². The molecule has 0 fully saturated rings. The van der Waals surface area contributed by atoms with Crippen LogP contribution >= 0.6 is 0 Å². The maximum Gasteiger partial charge on any atom is 0.0605 e. The van der Waals surface area contributed by atoms with Gasteiger partial charge in [0.2, 0.25) is 0 Å². The molecular formula is C17H20N2O. The molecule has 0 radical (unpaired) electrons. The maximum absolute atomic E-state index is 9.61. The van der Waals surface area contributed by atoms with Crippen molar-refractivity contribution in [2.45, 2.75) is 31.3 Å². The van der Waals surface area contributed by atoms with Crippen LogP contribution in [0.5, 0.6) is 0 Å². The van der Waals surface area contributed by atoms with E-state index in [0.29, 0.717) is 0 Å². The molecule has 1 aliphatic carbocycles. The van der Waals surface area contributed by atoms with E-state index in [-0.39, 0.29) is 18.7 Å². The number of nitrogens with one attached hydrogen (secondary N) is 1. The van der Waals surface area contributed by atoms with Gasteiger partial charge in [0.05, 0.1) is 18.3 Å². The largest absolute Gasteiger partial charge is 0.395 e. The van der Waals surface area contributed by atoms with E-state index in [1.165, 1.54) is 11.1 Å². The highest BCUT2D eigenvalue weighted by Crippen LogP contribution is 2.29. The van der Waals surface area contributed by atoms with Gasteiger partial charge in [-0.05, 0) is 36.5 Å². The molecule has 1 aliphatic rings. The van der Waals surface area contributed by atoms with Gasteiger partial charge in [-0.1, -0.05) is 36.4 Å². The third kappa shape index (κ3) is 2.89. The molecular weight excluding hydrogens is 248 g/mol. The van der Waals surface area contributed by atoms with E-state index >= 15 is 0 Å². The summed E-state index contributed by atoms with van der Waals surface area (Å²) < 4.78 is 0. The minimum Gasteiger partial charge on any atom is -0.395 e. The number of hydrogen-bond acceptors (Lipinski definition) is 3. The normalized spacial score (nSPS) is 18.8. The summed E-state index contributed by atoms with van der Waals surface area (Å²) >= 11 is 0. The Morgan fingerprint density at radius 2 is 2.05 bits per heavy atom. The van der Waals surface area contributed by atoms with Gasteiger partial charge in [-0.2, -0.15) is 0 Å². The fourth-order valence-corrected chi connectivity index (χ4v) is 2.93. The molecule has 3 heteroatoms. The van der Waals surface area contributed by atoms with E-state index in [9.17, 15) is 5.11 Å². The third-order valence-electron chi connectivity index (χ3n) is 3.94. The molecule has 2 atom stereocenters. The third-order valence-corrected chi connectivity index (χ3v) is 3.94. The van der Waals surface area contributed by atoms with Crippen LogP contribution in [-0.4, -0.2) is 22.7 Å². The highest BCUT2D eigenvalue weighted by Gasteiger charge is 2.25. The van der Waals surface area contributed by atoms with E-state index in [1.807, 2.05) is 30.5 Å². The lowest BCUT2D eigenvalue weighted by molar-refractivity contribution is 0.229. The minimum absolute atomic E-state index is 0.0790. The minimum atomic E-state index is 0.0790. The van der Waals surface area contributed by atoms with Crippen molar-refractivity contribution in [3.05, 3.63) is 65.5 Å². The van der Waals surface area contributed by atoms with Gasteiger partial charge in [0.15, 0.2) is 0 Å². The molecule has 104 valence electrons. The topological polar surface area (TPSA) is 45.1 Å². The number of aliphatic hydroxyl groups excluding tert-OH is 1. The number of aliphatic hydroxyl groups is 1. The van der Waals surface area contributed by atoms with Crippen molar-refractivity contribution in [3.8, 4) is 0 Å². The Balaban J connectivity index is 1.67. The van der Waals surface area contributed by atoms with Gasteiger partial charge >= 0.3 is 0 Å². The highest BCUT2D eigenvalue weighted by atomic mass is 16.3. The number of hydrogen-bond donors (Lipinski definition) is 2. The Morgan fingerprint density at radius 3 is 2.85 bits per heavy atom. The van der Waals surface area contributed by atoms with Gasteiger partial charge in [-0.15, -0.1) is 0 Å². The van der Waals surface area contributed by atoms with Crippen LogP contribution in [0.25, 0.3) is 0 Å². The van der Waals surface area contributed by atoms with E-state index < -0.39 is 0 Å². The summed E-state index contributed by atoms with van der Waals surface area (Å²) in [5, 5.41) is 13.2. The van der Waals surface area contributed by atoms with Crippen molar-refractivity contribution in [1.82, 2.24) is 10.3 Å². The fraction of sp³-hybridized carbons (Fsp3) is 0.353. The zero-order valence-corrected chi connectivity index (χ0v) is 11.5. The SMILES string of the molecule is OC[C@H](Cc1ccccc1)NC1CCc2cccnc21. The van der Waals surface area contributed by atoms with Crippen molar-refractivity contribution < 1.29 is 5.11 Å². The van der Waals surface area contributed by atoms with Gasteiger partial charge < -0.3 is 10.4 Å². The lowest BCUT2D eigenvalue weighted by Gasteiger charge is -2.21. The molecule has 2 aromatic rings. The first kappa shape index (κ1) is 13.3. The second kappa shape index (κ2) is 6.16. The van der Waals surface area contributed by atoms with Crippen LogP contribution < -0.4 is 5.32 Å². The van der Waals surface area contributed by atoms with Gasteiger partial charge in [-0.25, -0.2) is 0 Å². The molecule has 0 aliphatic heterocycles. The Hall–Kier alpha value is -1.71. The van der Waals surface area contributed by atoms with Crippen LogP contribution in [0.2, 0.25) is 0 Å². The second-order valence-corrected chi connectivity index (χ2v) is 5.37. The van der Waals surface area contributed by atoms with E-state index in [1.54, 1.807) is 0 Å². The molecule has 0 spiro atoms.